The first-order valence-corrected chi connectivity index (χ1v) is 5.95. The van der Waals surface area contributed by atoms with Gasteiger partial charge in [0.05, 0.1) is 16.7 Å². The first kappa shape index (κ1) is 12.9. The normalized spacial score (nSPS) is 11.9. The number of hydrogen-bond donors (Lipinski definition) is 0. The lowest BCUT2D eigenvalue weighted by molar-refractivity contribution is 0.186. The van der Waals surface area contributed by atoms with E-state index in [0.717, 1.165) is 25.0 Å². The fraction of sp³-hybridized carbons (Fsp3) is 0.462. The van der Waals surface area contributed by atoms with Gasteiger partial charge < -0.3 is 4.74 Å². The Balaban J connectivity index is 2.74. The van der Waals surface area contributed by atoms with Crippen molar-refractivity contribution in [3.05, 3.63) is 28.8 Å². The van der Waals surface area contributed by atoms with Gasteiger partial charge in [-0.05, 0) is 25.0 Å². The molecule has 0 aliphatic carbocycles. The minimum Gasteiger partial charge on any atom is -0.490 e. The lowest BCUT2D eigenvalue weighted by Gasteiger charge is -2.16. The van der Waals surface area contributed by atoms with Crippen molar-refractivity contribution in [1.29, 1.82) is 5.26 Å². The summed E-state index contributed by atoms with van der Waals surface area (Å²) in [6, 6.07) is 7.22. The third-order valence-corrected chi connectivity index (χ3v) is 2.74. The van der Waals surface area contributed by atoms with Gasteiger partial charge >= 0.3 is 0 Å². The zero-order valence-electron chi connectivity index (χ0n) is 9.66. The summed E-state index contributed by atoms with van der Waals surface area (Å²) < 4.78 is 5.79. The van der Waals surface area contributed by atoms with Gasteiger partial charge in [0.25, 0.3) is 0 Å². The van der Waals surface area contributed by atoms with Gasteiger partial charge in [-0.25, -0.2) is 0 Å². The molecule has 0 radical (unpaired) electrons. The van der Waals surface area contributed by atoms with Crippen molar-refractivity contribution in [2.75, 3.05) is 0 Å². The third-order valence-electron chi connectivity index (χ3n) is 2.43. The van der Waals surface area contributed by atoms with E-state index in [9.17, 15) is 0 Å². The highest BCUT2D eigenvalue weighted by atomic mass is 35.5. The number of ether oxygens (including phenoxy) is 1. The Morgan fingerprint density at radius 2 is 2.19 bits per heavy atom. The van der Waals surface area contributed by atoms with Gasteiger partial charge in [-0.15, -0.1) is 0 Å². The Labute approximate surface area is 102 Å². The molecule has 0 unspecified atom stereocenters. The van der Waals surface area contributed by atoms with Crippen LogP contribution in [0.4, 0.5) is 0 Å². The van der Waals surface area contributed by atoms with Gasteiger partial charge in [-0.3, -0.25) is 0 Å². The van der Waals surface area contributed by atoms with Gasteiger partial charge in [0, 0.05) is 6.07 Å². The molecule has 1 aromatic carbocycles. The van der Waals surface area contributed by atoms with Crippen LogP contribution in [0.25, 0.3) is 0 Å². The highest BCUT2D eigenvalue weighted by Crippen LogP contribution is 2.23. The third kappa shape index (κ3) is 3.43. The van der Waals surface area contributed by atoms with Crippen LogP contribution < -0.4 is 4.74 Å². The summed E-state index contributed by atoms with van der Waals surface area (Å²) >= 11 is 5.93. The summed E-state index contributed by atoms with van der Waals surface area (Å²) in [6.45, 7) is 4.24. The predicted molar refractivity (Wildman–Crippen MR) is 65.8 cm³/mol. The topological polar surface area (TPSA) is 33.0 Å². The molecule has 2 nitrogen and oxygen atoms in total. The number of benzene rings is 1. The summed E-state index contributed by atoms with van der Waals surface area (Å²) in [7, 11) is 0. The van der Waals surface area contributed by atoms with Gasteiger partial charge in [0.2, 0.25) is 0 Å². The molecule has 0 bridgehead atoms. The zero-order valence-corrected chi connectivity index (χ0v) is 10.4. The van der Waals surface area contributed by atoms with E-state index in [1.807, 2.05) is 6.07 Å². The lowest BCUT2D eigenvalue weighted by Crippen LogP contribution is -2.14. The largest absolute Gasteiger partial charge is 0.490 e. The van der Waals surface area contributed by atoms with E-state index in [1.54, 1.807) is 18.2 Å². The second-order valence-electron chi connectivity index (χ2n) is 3.69. The molecule has 1 atom stereocenters. The van der Waals surface area contributed by atoms with Crippen LogP contribution in [-0.4, -0.2) is 6.10 Å². The fourth-order valence-electron chi connectivity index (χ4n) is 1.52. The minimum absolute atomic E-state index is 0.231. The molecule has 16 heavy (non-hydrogen) atoms. The Hall–Kier alpha value is -1.20. The molecule has 0 aliphatic rings. The lowest BCUT2D eigenvalue weighted by atomic mass is 10.1. The SMILES string of the molecule is CCC[C@@H](CC)Oc1ccc(C#N)c(Cl)c1. The maximum absolute atomic E-state index is 8.75. The highest BCUT2D eigenvalue weighted by Gasteiger charge is 2.08. The van der Waals surface area contributed by atoms with E-state index in [4.69, 9.17) is 21.6 Å². The maximum Gasteiger partial charge on any atom is 0.121 e. The summed E-state index contributed by atoms with van der Waals surface area (Å²) in [5.74, 6) is 0.740. The van der Waals surface area contributed by atoms with Crippen LogP contribution in [0.5, 0.6) is 5.75 Å². The van der Waals surface area contributed by atoms with Crippen molar-refractivity contribution >= 4 is 11.6 Å². The maximum atomic E-state index is 8.75. The molecule has 1 rings (SSSR count). The molecule has 0 aliphatic heterocycles. The summed E-state index contributed by atoms with van der Waals surface area (Å²) in [6.07, 6.45) is 3.34. The van der Waals surface area contributed by atoms with Crippen molar-refractivity contribution < 1.29 is 4.74 Å². The van der Waals surface area contributed by atoms with Gasteiger partial charge in [0.15, 0.2) is 0 Å². The summed E-state index contributed by atoms with van der Waals surface area (Å²) in [5.41, 5.74) is 0.484. The average molecular weight is 238 g/mol. The molecular weight excluding hydrogens is 222 g/mol. The molecule has 0 aromatic heterocycles. The van der Waals surface area contributed by atoms with Crippen LogP contribution in [0.2, 0.25) is 5.02 Å². The minimum atomic E-state index is 0.231. The van der Waals surface area contributed by atoms with Crippen molar-refractivity contribution in [2.45, 2.75) is 39.2 Å². The van der Waals surface area contributed by atoms with Crippen molar-refractivity contribution in [1.82, 2.24) is 0 Å². The Morgan fingerprint density at radius 1 is 1.44 bits per heavy atom. The monoisotopic (exact) mass is 237 g/mol. The number of rotatable bonds is 5. The number of hydrogen-bond acceptors (Lipinski definition) is 2. The first-order chi connectivity index (χ1) is 7.71. The van der Waals surface area contributed by atoms with Gasteiger partial charge in [0.1, 0.15) is 11.8 Å². The fourth-order valence-corrected chi connectivity index (χ4v) is 1.73. The quantitative estimate of drug-likeness (QED) is 0.770. The standard InChI is InChI=1S/C13H16ClNO/c1-3-5-11(4-2)16-12-7-6-10(9-15)13(14)8-12/h6-8,11H,3-5H2,1-2H3/t11-/m1/s1. The van der Waals surface area contributed by atoms with Crippen LogP contribution in [-0.2, 0) is 0 Å². The molecule has 0 saturated carbocycles. The molecule has 0 N–H and O–H groups in total. The van der Waals surface area contributed by atoms with E-state index >= 15 is 0 Å². The number of nitriles is 1. The Morgan fingerprint density at radius 3 is 2.69 bits per heavy atom. The Bertz CT molecular complexity index is 384. The summed E-state index contributed by atoms with van der Waals surface area (Å²) in [4.78, 5) is 0. The van der Waals surface area contributed by atoms with Crippen LogP contribution in [0.3, 0.4) is 0 Å². The second kappa shape index (κ2) is 6.40. The predicted octanol–water partition coefficient (Wildman–Crippen LogP) is 4.17. The number of halogens is 1. The van der Waals surface area contributed by atoms with Crippen molar-refractivity contribution in [3.63, 3.8) is 0 Å². The van der Waals surface area contributed by atoms with Gasteiger partial charge in [-0.2, -0.15) is 5.26 Å². The van der Waals surface area contributed by atoms with E-state index in [1.165, 1.54) is 0 Å². The van der Waals surface area contributed by atoms with E-state index in [2.05, 4.69) is 13.8 Å². The number of nitrogens with zero attached hydrogens (tertiary/aromatic N) is 1. The van der Waals surface area contributed by atoms with Gasteiger partial charge in [-0.1, -0.05) is 31.9 Å². The molecular formula is C13H16ClNO. The molecule has 0 saturated heterocycles. The average Bonchev–Trinajstić information content (AvgIpc) is 2.28. The molecule has 0 fully saturated rings. The molecule has 3 heteroatoms. The summed E-state index contributed by atoms with van der Waals surface area (Å²) in [5, 5.41) is 9.20. The molecule has 86 valence electrons. The van der Waals surface area contributed by atoms with Crippen molar-refractivity contribution in [2.24, 2.45) is 0 Å². The van der Waals surface area contributed by atoms with Crippen molar-refractivity contribution in [3.8, 4) is 11.8 Å². The highest BCUT2D eigenvalue weighted by molar-refractivity contribution is 6.31. The second-order valence-corrected chi connectivity index (χ2v) is 4.10. The van der Waals surface area contributed by atoms with E-state index in [-0.39, 0.29) is 6.10 Å². The van der Waals surface area contributed by atoms with Crippen LogP contribution in [0.1, 0.15) is 38.7 Å². The van der Waals surface area contributed by atoms with Crippen LogP contribution >= 0.6 is 11.6 Å². The van der Waals surface area contributed by atoms with Crippen LogP contribution in [0, 0.1) is 11.3 Å². The molecule has 0 heterocycles. The molecule has 0 amide bonds. The first-order valence-electron chi connectivity index (χ1n) is 5.57. The van der Waals surface area contributed by atoms with E-state index in [0.29, 0.717) is 10.6 Å². The molecule has 1 aromatic rings. The molecule has 0 spiro atoms. The smallest absolute Gasteiger partial charge is 0.121 e. The Kier molecular flexibility index (Phi) is 5.14. The van der Waals surface area contributed by atoms with E-state index < -0.39 is 0 Å². The van der Waals surface area contributed by atoms with Crippen LogP contribution in [0.15, 0.2) is 18.2 Å². The zero-order chi connectivity index (χ0) is 12.0.